The van der Waals surface area contributed by atoms with Crippen LogP contribution in [0.5, 0.6) is 0 Å². The standard InChI is InChI=1S/C11H14BrNO/c1-3-4-11(14)13-10-6-5-8(2)7-9(10)12/h5-7H,3-4H2,1-2H3,(H,13,14). The van der Waals surface area contributed by atoms with Crippen LogP contribution in [-0.4, -0.2) is 5.91 Å². The molecule has 0 saturated heterocycles. The normalized spacial score (nSPS) is 9.93. The Kier molecular flexibility index (Phi) is 4.14. The molecule has 1 N–H and O–H groups in total. The molecule has 0 fully saturated rings. The summed E-state index contributed by atoms with van der Waals surface area (Å²) in [7, 11) is 0. The molecule has 0 heterocycles. The lowest BCUT2D eigenvalue weighted by Crippen LogP contribution is -2.10. The van der Waals surface area contributed by atoms with Crippen LogP contribution in [0.15, 0.2) is 22.7 Å². The van der Waals surface area contributed by atoms with E-state index in [1.165, 1.54) is 5.56 Å². The van der Waals surface area contributed by atoms with E-state index in [1.807, 2.05) is 32.0 Å². The molecule has 1 rings (SSSR count). The van der Waals surface area contributed by atoms with Crippen LogP contribution >= 0.6 is 15.9 Å². The average molecular weight is 256 g/mol. The first-order valence-corrected chi connectivity index (χ1v) is 5.48. The second-order valence-electron chi connectivity index (χ2n) is 3.28. The minimum atomic E-state index is 0.0667. The van der Waals surface area contributed by atoms with E-state index in [0.717, 1.165) is 16.6 Å². The number of halogens is 1. The van der Waals surface area contributed by atoms with Crippen molar-refractivity contribution in [2.75, 3.05) is 5.32 Å². The fourth-order valence-electron chi connectivity index (χ4n) is 1.16. The van der Waals surface area contributed by atoms with E-state index in [9.17, 15) is 4.79 Å². The molecule has 1 aromatic carbocycles. The second-order valence-corrected chi connectivity index (χ2v) is 4.14. The maximum absolute atomic E-state index is 11.3. The van der Waals surface area contributed by atoms with E-state index >= 15 is 0 Å². The van der Waals surface area contributed by atoms with Gasteiger partial charge < -0.3 is 5.32 Å². The lowest BCUT2D eigenvalue weighted by atomic mass is 10.2. The van der Waals surface area contributed by atoms with Gasteiger partial charge in [-0.2, -0.15) is 0 Å². The maximum Gasteiger partial charge on any atom is 0.224 e. The highest BCUT2D eigenvalue weighted by Crippen LogP contribution is 2.23. The van der Waals surface area contributed by atoms with Crippen LogP contribution < -0.4 is 5.32 Å². The van der Waals surface area contributed by atoms with E-state index in [0.29, 0.717) is 6.42 Å². The summed E-state index contributed by atoms with van der Waals surface area (Å²) < 4.78 is 0.932. The van der Waals surface area contributed by atoms with Gasteiger partial charge in [0.05, 0.1) is 5.69 Å². The zero-order chi connectivity index (χ0) is 10.6. The smallest absolute Gasteiger partial charge is 0.224 e. The Morgan fingerprint density at radius 1 is 1.50 bits per heavy atom. The van der Waals surface area contributed by atoms with Crippen LogP contribution in [0.1, 0.15) is 25.3 Å². The lowest BCUT2D eigenvalue weighted by molar-refractivity contribution is -0.116. The molecule has 0 atom stereocenters. The van der Waals surface area contributed by atoms with Gasteiger partial charge in [-0.05, 0) is 47.0 Å². The number of benzene rings is 1. The Balaban J connectivity index is 2.72. The number of carbonyl (C=O) groups excluding carboxylic acids is 1. The monoisotopic (exact) mass is 255 g/mol. The van der Waals surface area contributed by atoms with E-state index in [1.54, 1.807) is 0 Å². The maximum atomic E-state index is 11.3. The lowest BCUT2D eigenvalue weighted by Gasteiger charge is -2.07. The number of hydrogen-bond donors (Lipinski definition) is 1. The summed E-state index contributed by atoms with van der Waals surface area (Å²) in [5.41, 5.74) is 2.01. The SMILES string of the molecule is CCCC(=O)Nc1ccc(C)cc1Br. The van der Waals surface area contributed by atoms with E-state index < -0.39 is 0 Å². The van der Waals surface area contributed by atoms with Crippen LogP contribution in [0.25, 0.3) is 0 Å². The Hall–Kier alpha value is -0.830. The number of anilines is 1. The highest BCUT2D eigenvalue weighted by molar-refractivity contribution is 9.10. The molecule has 0 spiro atoms. The van der Waals surface area contributed by atoms with E-state index in [2.05, 4.69) is 21.2 Å². The minimum absolute atomic E-state index is 0.0667. The molecule has 0 radical (unpaired) electrons. The van der Waals surface area contributed by atoms with Gasteiger partial charge in [0, 0.05) is 10.9 Å². The minimum Gasteiger partial charge on any atom is -0.325 e. The number of rotatable bonds is 3. The van der Waals surface area contributed by atoms with Crippen molar-refractivity contribution in [1.82, 2.24) is 0 Å². The first kappa shape index (κ1) is 11.2. The molecule has 0 aliphatic carbocycles. The molecule has 0 bridgehead atoms. The Morgan fingerprint density at radius 3 is 2.79 bits per heavy atom. The number of carbonyl (C=O) groups is 1. The predicted octanol–water partition coefficient (Wildman–Crippen LogP) is 3.50. The summed E-state index contributed by atoms with van der Waals surface area (Å²) in [5, 5.41) is 2.85. The number of nitrogens with one attached hydrogen (secondary N) is 1. The van der Waals surface area contributed by atoms with Gasteiger partial charge in [0.1, 0.15) is 0 Å². The number of hydrogen-bond acceptors (Lipinski definition) is 1. The first-order chi connectivity index (χ1) is 6.63. The van der Waals surface area contributed by atoms with E-state index in [-0.39, 0.29) is 5.91 Å². The zero-order valence-electron chi connectivity index (χ0n) is 8.43. The van der Waals surface area contributed by atoms with Gasteiger partial charge in [-0.3, -0.25) is 4.79 Å². The van der Waals surface area contributed by atoms with Gasteiger partial charge in [0.2, 0.25) is 5.91 Å². The molecular formula is C11H14BrNO. The van der Waals surface area contributed by atoms with Gasteiger partial charge in [0.25, 0.3) is 0 Å². The third-order valence-corrected chi connectivity index (χ3v) is 2.53. The molecule has 0 aromatic heterocycles. The summed E-state index contributed by atoms with van der Waals surface area (Å²) in [5.74, 6) is 0.0667. The molecule has 0 aliphatic heterocycles. The van der Waals surface area contributed by atoms with Crippen molar-refractivity contribution in [2.45, 2.75) is 26.7 Å². The van der Waals surface area contributed by atoms with Crippen molar-refractivity contribution in [3.8, 4) is 0 Å². The van der Waals surface area contributed by atoms with Crippen molar-refractivity contribution in [1.29, 1.82) is 0 Å². The summed E-state index contributed by atoms with van der Waals surface area (Å²) in [4.78, 5) is 11.3. The molecule has 1 aromatic rings. The number of aryl methyl sites for hydroxylation is 1. The van der Waals surface area contributed by atoms with Crippen molar-refractivity contribution < 1.29 is 4.79 Å². The third-order valence-electron chi connectivity index (χ3n) is 1.88. The predicted molar refractivity (Wildman–Crippen MR) is 62.4 cm³/mol. The highest BCUT2D eigenvalue weighted by Gasteiger charge is 2.03. The molecule has 0 aliphatic rings. The van der Waals surface area contributed by atoms with Gasteiger partial charge >= 0.3 is 0 Å². The van der Waals surface area contributed by atoms with Crippen LogP contribution in [0.2, 0.25) is 0 Å². The third kappa shape index (κ3) is 3.14. The second kappa shape index (κ2) is 5.15. The summed E-state index contributed by atoms with van der Waals surface area (Å²) in [6.45, 7) is 4.01. The molecule has 1 amide bonds. The van der Waals surface area contributed by atoms with Gasteiger partial charge in [-0.1, -0.05) is 13.0 Å². The van der Waals surface area contributed by atoms with Crippen molar-refractivity contribution in [3.63, 3.8) is 0 Å². The van der Waals surface area contributed by atoms with Crippen LogP contribution in [0.3, 0.4) is 0 Å². The highest BCUT2D eigenvalue weighted by atomic mass is 79.9. The summed E-state index contributed by atoms with van der Waals surface area (Å²) in [6, 6.07) is 5.88. The van der Waals surface area contributed by atoms with Crippen LogP contribution in [0, 0.1) is 6.92 Å². The topological polar surface area (TPSA) is 29.1 Å². The number of amides is 1. The van der Waals surface area contributed by atoms with Crippen LogP contribution in [-0.2, 0) is 4.79 Å². The fourth-order valence-corrected chi connectivity index (χ4v) is 1.75. The molecule has 3 heteroatoms. The van der Waals surface area contributed by atoms with Crippen molar-refractivity contribution in [3.05, 3.63) is 28.2 Å². The van der Waals surface area contributed by atoms with E-state index in [4.69, 9.17) is 0 Å². The van der Waals surface area contributed by atoms with Crippen LogP contribution in [0.4, 0.5) is 5.69 Å². The Labute approximate surface area is 92.8 Å². The Morgan fingerprint density at radius 2 is 2.21 bits per heavy atom. The average Bonchev–Trinajstić information content (AvgIpc) is 2.10. The largest absolute Gasteiger partial charge is 0.325 e. The first-order valence-electron chi connectivity index (χ1n) is 4.69. The quantitative estimate of drug-likeness (QED) is 0.881. The molecule has 2 nitrogen and oxygen atoms in total. The zero-order valence-corrected chi connectivity index (χ0v) is 10.0. The van der Waals surface area contributed by atoms with Crippen molar-refractivity contribution in [2.24, 2.45) is 0 Å². The van der Waals surface area contributed by atoms with Gasteiger partial charge in [-0.15, -0.1) is 0 Å². The molecule has 14 heavy (non-hydrogen) atoms. The Bertz CT molecular complexity index is 336. The molecule has 0 saturated carbocycles. The summed E-state index contributed by atoms with van der Waals surface area (Å²) >= 11 is 3.41. The fraction of sp³-hybridized carbons (Fsp3) is 0.364. The van der Waals surface area contributed by atoms with Gasteiger partial charge in [-0.25, -0.2) is 0 Å². The molecule has 76 valence electrons. The molecular weight excluding hydrogens is 242 g/mol. The van der Waals surface area contributed by atoms with Crippen molar-refractivity contribution >= 4 is 27.5 Å². The molecule has 0 unspecified atom stereocenters. The van der Waals surface area contributed by atoms with Gasteiger partial charge in [0.15, 0.2) is 0 Å². The summed E-state index contributed by atoms with van der Waals surface area (Å²) in [6.07, 6.45) is 1.44.